The van der Waals surface area contributed by atoms with E-state index in [1.165, 1.54) is 5.52 Å². The van der Waals surface area contributed by atoms with Gasteiger partial charge in [0.1, 0.15) is 0 Å². The molecular weight excluding hydrogens is 481 g/mol. The van der Waals surface area contributed by atoms with E-state index in [-0.39, 0.29) is 24.0 Å². The van der Waals surface area contributed by atoms with Crippen LogP contribution >= 0.6 is 24.0 Å². The Morgan fingerprint density at radius 2 is 1.86 bits per heavy atom. The molecule has 0 bridgehead atoms. The van der Waals surface area contributed by atoms with Crippen LogP contribution in [-0.4, -0.2) is 43.3 Å². The average Bonchev–Trinajstić information content (AvgIpc) is 3.16. The molecule has 1 aromatic heterocycles. The number of aliphatic imine (C=N–C) groups is 1. The minimum absolute atomic E-state index is 0. The molecule has 0 atom stereocenters. The Morgan fingerprint density at radius 1 is 1.07 bits per heavy atom. The minimum atomic E-state index is 0. The summed E-state index contributed by atoms with van der Waals surface area (Å²) >= 11 is 0. The molecule has 7 nitrogen and oxygen atoms in total. The highest BCUT2D eigenvalue weighted by Gasteiger charge is 2.06. The molecule has 0 amide bonds. The Hall–Kier alpha value is -2.49. The predicted octanol–water partition coefficient (Wildman–Crippen LogP) is 3.43. The van der Waals surface area contributed by atoms with E-state index in [1.54, 1.807) is 21.3 Å². The Kier molecular flexibility index (Phi) is 9.04. The standard InChI is InChI=1S/C21H27N5O2.HI/c1-22-21(24-14-16-9-10-19(27-2)20(13-16)28-3)23-11-6-12-26-15-25-17-7-4-5-8-18(17)26;/h4-5,7-10,13,15H,6,11-12,14H2,1-3H3,(H2,22,23,24);1H. The van der Waals surface area contributed by atoms with E-state index in [0.29, 0.717) is 6.54 Å². The zero-order valence-electron chi connectivity index (χ0n) is 17.0. The monoisotopic (exact) mass is 509 g/mol. The number of methoxy groups -OCH3 is 2. The van der Waals surface area contributed by atoms with Crippen LogP contribution in [0, 0.1) is 0 Å². The maximum atomic E-state index is 5.35. The minimum Gasteiger partial charge on any atom is -0.493 e. The SMILES string of the molecule is CN=C(NCCCn1cnc2ccccc21)NCc1ccc(OC)c(OC)c1.I. The topological polar surface area (TPSA) is 72.7 Å². The lowest BCUT2D eigenvalue weighted by atomic mass is 10.2. The van der Waals surface area contributed by atoms with Crippen LogP contribution in [0.5, 0.6) is 11.5 Å². The molecule has 0 aliphatic rings. The third-order valence-corrected chi connectivity index (χ3v) is 4.53. The van der Waals surface area contributed by atoms with Crippen molar-refractivity contribution in [1.82, 2.24) is 20.2 Å². The van der Waals surface area contributed by atoms with Crippen LogP contribution < -0.4 is 20.1 Å². The van der Waals surface area contributed by atoms with Crippen LogP contribution in [0.15, 0.2) is 53.8 Å². The van der Waals surface area contributed by atoms with Gasteiger partial charge in [0, 0.05) is 26.7 Å². The van der Waals surface area contributed by atoms with Crippen molar-refractivity contribution in [1.29, 1.82) is 0 Å². The van der Waals surface area contributed by atoms with Gasteiger partial charge in [-0.2, -0.15) is 0 Å². The maximum Gasteiger partial charge on any atom is 0.191 e. The van der Waals surface area contributed by atoms with E-state index in [2.05, 4.69) is 31.2 Å². The average molecular weight is 509 g/mol. The molecular formula is C21H28IN5O2. The van der Waals surface area contributed by atoms with Crippen LogP contribution in [0.4, 0.5) is 0 Å². The van der Waals surface area contributed by atoms with Crippen molar-refractivity contribution in [2.24, 2.45) is 4.99 Å². The number of guanidine groups is 1. The number of hydrogen-bond donors (Lipinski definition) is 2. The van der Waals surface area contributed by atoms with Crippen molar-refractivity contribution < 1.29 is 9.47 Å². The number of hydrogen-bond acceptors (Lipinski definition) is 4. The molecule has 0 saturated carbocycles. The van der Waals surface area contributed by atoms with Gasteiger partial charge in [-0.1, -0.05) is 18.2 Å². The number of halogens is 1. The first-order valence-corrected chi connectivity index (χ1v) is 9.30. The summed E-state index contributed by atoms with van der Waals surface area (Å²) in [5, 5.41) is 6.67. The Bertz CT molecular complexity index is 942. The normalized spacial score (nSPS) is 11.1. The molecule has 29 heavy (non-hydrogen) atoms. The Labute approximate surface area is 188 Å². The highest BCUT2D eigenvalue weighted by molar-refractivity contribution is 14.0. The van der Waals surface area contributed by atoms with Crippen molar-refractivity contribution in [2.75, 3.05) is 27.8 Å². The smallest absolute Gasteiger partial charge is 0.191 e. The summed E-state index contributed by atoms with van der Waals surface area (Å²) in [7, 11) is 5.04. The molecule has 0 unspecified atom stereocenters. The summed E-state index contributed by atoms with van der Waals surface area (Å²) in [5.41, 5.74) is 3.28. The second-order valence-corrected chi connectivity index (χ2v) is 6.32. The maximum absolute atomic E-state index is 5.35. The number of benzene rings is 2. The highest BCUT2D eigenvalue weighted by atomic mass is 127. The molecule has 3 aromatic rings. The van der Waals surface area contributed by atoms with Gasteiger partial charge in [0.15, 0.2) is 17.5 Å². The number of ether oxygens (including phenoxy) is 2. The van der Waals surface area contributed by atoms with E-state index in [4.69, 9.17) is 9.47 Å². The van der Waals surface area contributed by atoms with Gasteiger partial charge < -0.3 is 24.7 Å². The van der Waals surface area contributed by atoms with E-state index < -0.39 is 0 Å². The summed E-state index contributed by atoms with van der Waals surface area (Å²) in [4.78, 5) is 8.71. The largest absolute Gasteiger partial charge is 0.493 e. The van der Waals surface area contributed by atoms with E-state index in [0.717, 1.165) is 48.0 Å². The van der Waals surface area contributed by atoms with Gasteiger partial charge in [0.2, 0.25) is 0 Å². The number of imidazole rings is 1. The lowest BCUT2D eigenvalue weighted by molar-refractivity contribution is 0.354. The molecule has 3 rings (SSSR count). The lowest BCUT2D eigenvalue weighted by Crippen LogP contribution is -2.37. The number of fused-ring (bicyclic) bond motifs is 1. The molecule has 0 fully saturated rings. The van der Waals surface area contributed by atoms with Crippen LogP contribution in [0.3, 0.4) is 0 Å². The molecule has 2 N–H and O–H groups in total. The van der Waals surface area contributed by atoms with E-state index in [9.17, 15) is 0 Å². The number of aryl methyl sites for hydroxylation is 1. The van der Waals surface area contributed by atoms with Crippen LogP contribution in [0.2, 0.25) is 0 Å². The number of nitrogens with zero attached hydrogens (tertiary/aromatic N) is 3. The van der Waals surface area contributed by atoms with Gasteiger partial charge >= 0.3 is 0 Å². The van der Waals surface area contributed by atoms with Crippen LogP contribution in [0.1, 0.15) is 12.0 Å². The fraction of sp³-hybridized carbons (Fsp3) is 0.333. The van der Waals surface area contributed by atoms with E-state index >= 15 is 0 Å². The first kappa shape index (κ1) is 22.8. The first-order valence-electron chi connectivity index (χ1n) is 9.30. The van der Waals surface area contributed by atoms with Crippen molar-refractivity contribution in [3.63, 3.8) is 0 Å². The Morgan fingerprint density at radius 3 is 2.62 bits per heavy atom. The second-order valence-electron chi connectivity index (χ2n) is 6.32. The van der Waals surface area contributed by atoms with Gasteiger partial charge in [-0.05, 0) is 36.2 Å². The fourth-order valence-corrected chi connectivity index (χ4v) is 3.04. The quantitative estimate of drug-likeness (QED) is 0.211. The number of para-hydroxylation sites is 2. The molecule has 0 aliphatic carbocycles. The van der Waals surface area contributed by atoms with Crippen LogP contribution in [0.25, 0.3) is 11.0 Å². The van der Waals surface area contributed by atoms with Gasteiger partial charge in [-0.25, -0.2) is 4.98 Å². The first-order chi connectivity index (χ1) is 13.7. The fourth-order valence-electron chi connectivity index (χ4n) is 3.04. The summed E-state index contributed by atoms with van der Waals surface area (Å²) in [6, 6.07) is 14.0. The summed E-state index contributed by atoms with van der Waals surface area (Å²) in [6.07, 6.45) is 2.87. The van der Waals surface area contributed by atoms with Crippen molar-refractivity contribution in [2.45, 2.75) is 19.5 Å². The second kappa shape index (κ2) is 11.5. The van der Waals surface area contributed by atoms with Crippen LogP contribution in [-0.2, 0) is 13.1 Å². The number of aromatic nitrogens is 2. The Balaban J connectivity index is 0.00000300. The van der Waals surface area contributed by atoms with Gasteiger partial charge in [0.05, 0.1) is 31.6 Å². The molecule has 2 aromatic carbocycles. The molecule has 156 valence electrons. The molecule has 0 radical (unpaired) electrons. The van der Waals surface area contributed by atoms with Gasteiger partial charge in [0.25, 0.3) is 0 Å². The molecule has 0 spiro atoms. The molecule has 1 heterocycles. The summed E-state index contributed by atoms with van der Waals surface area (Å²) in [6.45, 7) is 2.37. The van der Waals surface area contributed by atoms with Gasteiger partial charge in [-0.3, -0.25) is 4.99 Å². The van der Waals surface area contributed by atoms with Crippen molar-refractivity contribution >= 4 is 41.0 Å². The third-order valence-electron chi connectivity index (χ3n) is 4.53. The van der Waals surface area contributed by atoms with Crippen molar-refractivity contribution in [3.8, 4) is 11.5 Å². The zero-order valence-corrected chi connectivity index (χ0v) is 19.3. The third kappa shape index (κ3) is 5.99. The molecule has 8 heteroatoms. The number of nitrogens with one attached hydrogen (secondary N) is 2. The highest BCUT2D eigenvalue weighted by Crippen LogP contribution is 2.27. The lowest BCUT2D eigenvalue weighted by Gasteiger charge is -2.13. The zero-order chi connectivity index (χ0) is 19.8. The van der Waals surface area contributed by atoms with E-state index in [1.807, 2.05) is 42.7 Å². The molecule has 0 aliphatic heterocycles. The number of rotatable bonds is 8. The van der Waals surface area contributed by atoms with Crippen molar-refractivity contribution in [3.05, 3.63) is 54.4 Å². The summed E-state index contributed by atoms with van der Waals surface area (Å²) in [5.74, 6) is 2.21. The predicted molar refractivity (Wildman–Crippen MR) is 128 cm³/mol. The molecule has 0 saturated heterocycles. The van der Waals surface area contributed by atoms with Gasteiger partial charge in [-0.15, -0.1) is 24.0 Å². The summed E-state index contributed by atoms with van der Waals surface area (Å²) < 4.78 is 12.8.